The van der Waals surface area contributed by atoms with Crippen LogP contribution in [-0.4, -0.2) is 62.1 Å². The number of fused-ring (bicyclic) bond motifs is 1. The SMILES string of the molecule is O=C(CN1CCc2ccccc2C1)N1CCC(c2nnc(-c3cnccn3)o2)C1. The lowest BCUT2D eigenvalue weighted by atomic mass is 10.00. The summed E-state index contributed by atoms with van der Waals surface area (Å²) in [5.41, 5.74) is 3.28. The summed E-state index contributed by atoms with van der Waals surface area (Å²) >= 11 is 0. The smallest absolute Gasteiger partial charge is 0.267 e. The van der Waals surface area contributed by atoms with E-state index >= 15 is 0 Å². The van der Waals surface area contributed by atoms with Gasteiger partial charge in [-0.25, -0.2) is 4.98 Å². The van der Waals surface area contributed by atoms with Crippen LogP contribution < -0.4 is 0 Å². The molecule has 2 aliphatic rings. The Morgan fingerprint density at radius 3 is 2.90 bits per heavy atom. The van der Waals surface area contributed by atoms with Crippen molar-refractivity contribution in [2.75, 3.05) is 26.2 Å². The predicted octanol–water partition coefficient (Wildman–Crippen LogP) is 1.90. The zero-order chi connectivity index (χ0) is 19.6. The van der Waals surface area contributed by atoms with Crippen molar-refractivity contribution in [1.82, 2.24) is 30.0 Å². The molecule has 1 fully saturated rings. The summed E-state index contributed by atoms with van der Waals surface area (Å²) in [5, 5.41) is 8.26. The summed E-state index contributed by atoms with van der Waals surface area (Å²) in [7, 11) is 0. The van der Waals surface area contributed by atoms with Crippen LogP contribution in [0, 0.1) is 0 Å². The molecule has 0 spiro atoms. The van der Waals surface area contributed by atoms with Crippen LogP contribution in [0.3, 0.4) is 0 Å². The van der Waals surface area contributed by atoms with Gasteiger partial charge in [0.25, 0.3) is 5.89 Å². The van der Waals surface area contributed by atoms with Gasteiger partial charge in [0.2, 0.25) is 11.8 Å². The van der Waals surface area contributed by atoms with E-state index in [0.29, 0.717) is 30.6 Å². The lowest BCUT2D eigenvalue weighted by molar-refractivity contribution is -0.131. The maximum absolute atomic E-state index is 12.8. The average molecular weight is 390 g/mol. The van der Waals surface area contributed by atoms with E-state index < -0.39 is 0 Å². The topological polar surface area (TPSA) is 88.3 Å². The standard InChI is InChI=1S/C21H22N6O2/c28-19(14-26-9-5-15-3-1-2-4-16(15)12-26)27-10-6-17(13-27)20-24-25-21(29-20)18-11-22-7-8-23-18/h1-4,7-8,11,17H,5-6,9-10,12-14H2. The van der Waals surface area contributed by atoms with E-state index in [9.17, 15) is 4.79 Å². The molecule has 2 aliphatic heterocycles. The van der Waals surface area contributed by atoms with Crippen LogP contribution in [-0.2, 0) is 17.8 Å². The predicted molar refractivity (Wildman–Crippen MR) is 105 cm³/mol. The lowest BCUT2D eigenvalue weighted by Crippen LogP contribution is -2.41. The minimum Gasteiger partial charge on any atom is -0.419 e. The van der Waals surface area contributed by atoms with E-state index in [1.54, 1.807) is 18.6 Å². The quantitative estimate of drug-likeness (QED) is 0.672. The molecule has 1 aromatic carbocycles. The second-order valence-corrected chi connectivity index (χ2v) is 7.59. The Balaban J connectivity index is 1.19. The number of nitrogens with zero attached hydrogens (tertiary/aromatic N) is 6. The van der Waals surface area contributed by atoms with Crippen molar-refractivity contribution in [3.63, 3.8) is 0 Å². The molecule has 1 atom stereocenters. The van der Waals surface area contributed by atoms with Gasteiger partial charge in [-0.05, 0) is 24.0 Å². The van der Waals surface area contributed by atoms with Gasteiger partial charge in [-0.1, -0.05) is 24.3 Å². The molecule has 8 heteroatoms. The Kier molecular flexibility index (Phi) is 4.77. The molecule has 4 heterocycles. The van der Waals surface area contributed by atoms with Crippen molar-refractivity contribution < 1.29 is 9.21 Å². The molecule has 0 aliphatic carbocycles. The van der Waals surface area contributed by atoms with Gasteiger partial charge in [0.1, 0.15) is 5.69 Å². The molecule has 8 nitrogen and oxygen atoms in total. The third-order valence-corrected chi connectivity index (χ3v) is 5.68. The second kappa shape index (κ2) is 7.71. The van der Waals surface area contributed by atoms with Crippen molar-refractivity contribution in [1.29, 1.82) is 0 Å². The maximum atomic E-state index is 12.8. The second-order valence-electron chi connectivity index (χ2n) is 7.59. The molecule has 1 saturated heterocycles. The number of likely N-dealkylation sites (tertiary alicyclic amines) is 1. The molecule has 3 aromatic rings. The summed E-state index contributed by atoms with van der Waals surface area (Å²) < 4.78 is 5.80. The van der Waals surface area contributed by atoms with E-state index in [4.69, 9.17) is 4.42 Å². The number of carbonyl (C=O) groups excluding carboxylic acids is 1. The van der Waals surface area contributed by atoms with Gasteiger partial charge < -0.3 is 9.32 Å². The number of benzene rings is 1. The van der Waals surface area contributed by atoms with Crippen molar-refractivity contribution in [3.8, 4) is 11.6 Å². The molecule has 29 heavy (non-hydrogen) atoms. The van der Waals surface area contributed by atoms with Crippen LogP contribution in [0.5, 0.6) is 0 Å². The Morgan fingerprint density at radius 1 is 1.14 bits per heavy atom. The summed E-state index contributed by atoms with van der Waals surface area (Å²) in [5.74, 6) is 1.16. The minimum atomic E-state index is 0.0685. The number of rotatable bonds is 4. The van der Waals surface area contributed by atoms with Gasteiger partial charge in [-0.3, -0.25) is 14.7 Å². The lowest BCUT2D eigenvalue weighted by Gasteiger charge is -2.29. The molecule has 148 valence electrons. The molecule has 1 amide bonds. The van der Waals surface area contributed by atoms with E-state index in [1.165, 1.54) is 11.1 Å². The monoisotopic (exact) mass is 390 g/mol. The molecule has 0 radical (unpaired) electrons. The van der Waals surface area contributed by atoms with Crippen LogP contribution >= 0.6 is 0 Å². The van der Waals surface area contributed by atoms with Crippen molar-refractivity contribution in [2.45, 2.75) is 25.3 Å². The third kappa shape index (κ3) is 3.75. The molecule has 0 saturated carbocycles. The number of amides is 1. The first kappa shape index (κ1) is 17.9. The molecular weight excluding hydrogens is 368 g/mol. The summed E-state index contributed by atoms with van der Waals surface area (Å²) in [6.45, 7) is 3.55. The van der Waals surface area contributed by atoms with Crippen LogP contribution in [0.15, 0.2) is 47.3 Å². The first-order valence-corrected chi connectivity index (χ1v) is 9.93. The van der Waals surface area contributed by atoms with Crippen molar-refractivity contribution in [3.05, 3.63) is 59.9 Å². The number of hydrogen-bond donors (Lipinski definition) is 0. The highest BCUT2D eigenvalue weighted by Crippen LogP contribution is 2.28. The van der Waals surface area contributed by atoms with Gasteiger partial charge in [0, 0.05) is 38.6 Å². The fraction of sp³-hybridized carbons (Fsp3) is 0.381. The first-order chi connectivity index (χ1) is 14.3. The normalized spacial score (nSPS) is 19.3. The van der Waals surface area contributed by atoms with Gasteiger partial charge in [-0.15, -0.1) is 10.2 Å². The van der Waals surface area contributed by atoms with Crippen LogP contribution in [0.1, 0.15) is 29.4 Å². The minimum absolute atomic E-state index is 0.0685. The number of aromatic nitrogens is 4. The van der Waals surface area contributed by atoms with Crippen LogP contribution in [0.4, 0.5) is 0 Å². The average Bonchev–Trinajstić information content (AvgIpc) is 3.44. The molecular formula is C21H22N6O2. The van der Waals surface area contributed by atoms with Gasteiger partial charge in [0.15, 0.2) is 0 Å². The van der Waals surface area contributed by atoms with Gasteiger partial charge in [0.05, 0.1) is 18.7 Å². The fourth-order valence-electron chi connectivity index (χ4n) is 4.08. The summed E-state index contributed by atoms with van der Waals surface area (Å²) in [4.78, 5) is 25.2. The highest BCUT2D eigenvalue weighted by atomic mass is 16.4. The zero-order valence-electron chi connectivity index (χ0n) is 16.1. The Morgan fingerprint density at radius 2 is 2.03 bits per heavy atom. The Hall–Kier alpha value is -3.13. The fourth-order valence-corrected chi connectivity index (χ4v) is 4.08. The summed E-state index contributed by atoms with van der Waals surface area (Å²) in [6.07, 6.45) is 6.62. The van der Waals surface area contributed by atoms with Gasteiger partial charge >= 0.3 is 0 Å². The third-order valence-electron chi connectivity index (χ3n) is 5.68. The number of hydrogen-bond acceptors (Lipinski definition) is 7. The number of carbonyl (C=O) groups is 1. The first-order valence-electron chi connectivity index (χ1n) is 9.93. The Labute approximate surface area is 168 Å². The highest BCUT2D eigenvalue weighted by Gasteiger charge is 2.32. The molecule has 2 aromatic heterocycles. The molecule has 0 bridgehead atoms. The maximum Gasteiger partial charge on any atom is 0.267 e. The van der Waals surface area contributed by atoms with Crippen LogP contribution in [0.2, 0.25) is 0 Å². The van der Waals surface area contributed by atoms with E-state index in [-0.39, 0.29) is 11.8 Å². The van der Waals surface area contributed by atoms with E-state index in [1.807, 2.05) is 4.90 Å². The van der Waals surface area contributed by atoms with Crippen molar-refractivity contribution in [2.24, 2.45) is 0 Å². The molecule has 0 N–H and O–H groups in total. The Bertz CT molecular complexity index is 1010. The van der Waals surface area contributed by atoms with Gasteiger partial charge in [-0.2, -0.15) is 0 Å². The summed E-state index contributed by atoms with van der Waals surface area (Å²) in [6, 6.07) is 8.48. The van der Waals surface area contributed by atoms with Crippen LogP contribution in [0.25, 0.3) is 11.6 Å². The highest BCUT2D eigenvalue weighted by molar-refractivity contribution is 5.78. The zero-order valence-corrected chi connectivity index (χ0v) is 16.1. The largest absolute Gasteiger partial charge is 0.419 e. The van der Waals surface area contributed by atoms with E-state index in [2.05, 4.69) is 49.3 Å². The molecule has 1 unspecified atom stereocenters. The molecule has 5 rings (SSSR count). The van der Waals surface area contributed by atoms with E-state index in [0.717, 1.165) is 32.5 Å². The van der Waals surface area contributed by atoms with Crippen molar-refractivity contribution >= 4 is 5.91 Å².